The lowest BCUT2D eigenvalue weighted by Gasteiger charge is -2.01. The van der Waals surface area contributed by atoms with Gasteiger partial charge in [-0.15, -0.1) is 0 Å². The molecule has 0 N–H and O–H groups in total. The van der Waals surface area contributed by atoms with Crippen molar-refractivity contribution < 1.29 is 0 Å². The van der Waals surface area contributed by atoms with Gasteiger partial charge in [-0.1, -0.05) is 6.07 Å². The molecule has 0 unspecified atom stereocenters. The Hall–Kier alpha value is -1.75. The van der Waals surface area contributed by atoms with Gasteiger partial charge in [0.2, 0.25) is 0 Å². The summed E-state index contributed by atoms with van der Waals surface area (Å²) in [7, 11) is 1.95. The third kappa shape index (κ3) is 1.24. The van der Waals surface area contributed by atoms with Gasteiger partial charge in [-0.05, 0) is 43.5 Å². The molecule has 1 aromatic heterocycles. The molecule has 1 heterocycles. The number of fused-ring (bicyclic) bond motifs is 1. The number of hydrogen-bond donors (Lipinski definition) is 0. The number of hydrogen-bond acceptors (Lipinski definition) is 1. The topological polar surface area (TPSA) is 28.7 Å². The van der Waals surface area contributed by atoms with Gasteiger partial charge in [0, 0.05) is 18.0 Å². The first kappa shape index (κ1) is 9.79. The second-order valence-corrected chi connectivity index (χ2v) is 4.12. The van der Waals surface area contributed by atoms with E-state index in [1.165, 1.54) is 16.5 Å². The van der Waals surface area contributed by atoms with Gasteiger partial charge < -0.3 is 4.57 Å². The van der Waals surface area contributed by atoms with Crippen molar-refractivity contribution >= 4 is 10.9 Å². The molecule has 2 rings (SSSR count). The van der Waals surface area contributed by atoms with E-state index in [1.54, 1.807) is 0 Å². The summed E-state index contributed by atoms with van der Waals surface area (Å²) < 4.78 is 1.98. The molecule has 0 amide bonds. The Morgan fingerprint density at radius 1 is 1.20 bits per heavy atom. The molecule has 15 heavy (non-hydrogen) atoms. The van der Waals surface area contributed by atoms with Crippen molar-refractivity contribution in [1.82, 2.24) is 4.57 Å². The number of aromatic nitrogens is 1. The molecule has 2 heteroatoms. The summed E-state index contributed by atoms with van der Waals surface area (Å²) in [5.74, 6) is 0. The van der Waals surface area contributed by atoms with E-state index in [2.05, 4.69) is 32.0 Å². The van der Waals surface area contributed by atoms with Crippen LogP contribution in [0.15, 0.2) is 12.1 Å². The first-order valence-corrected chi connectivity index (χ1v) is 5.02. The second kappa shape index (κ2) is 3.13. The Morgan fingerprint density at radius 2 is 1.87 bits per heavy atom. The Balaban J connectivity index is 3.03. The fourth-order valence-corrected chi connectivity index (χ4v) is 2.35. The zero-order valence-electron chi connectivity index (χ0n) is 9.55. The summed E-state index contributed by atoms with van der Waals surface area (Å²) in [6.45, 7) is 6.20. The summed E-state index contributed by atoms with van der Waals surface area (Å²) in [6.07, 6.45) is 0. The number of benzene rings is 1. The van der Waals surface area contributed by atoms with Gasteiger partial charge in [0.05, 0.1) is 0 Å². The van der Waals surface area contributed by atoms with Crippen molar-refractivity contribution in [2.24, 2.45) is 7.05 Å². The number of nitrogens with zero attached hydrogens (tertiary/aromatic N) is 2. The highest BCUT2D eigenvalue weighted by molar-refractivity contribution is 5.89. The first-order chi connectivity index (χ1) is 7.06. The third-order valence-corrected chi connectivity index (χ3v) is 2.99. The van der Waals surface area contributed by atoms with Crippen molar-refractivity contribution in [3.8, 4) is 6.07 Å². The predicted molar refractivity (Wildman–Crippen MR) is 61.8 cm³/mol. The Labute approximate surface area is 89.7 Å². The van der Waals surface area contributed by atoms with E-state index in [9.17, 15) is 0 Å². The molecule has 0 aliphatic carbocycles. The van der Waals surface area contributed by atoms with Crippen LogP contribution in [-0.4, -0.2) is 4.57 Å². The summed E-state index contributed by atoms with van der Waals surface area (Å²) in [6, 6.07) is 6.56. The average Bonchev–Trinajstić information content (AvgIpc) is 2.39. The van der Waals surface area contributed by atoms with E-state index in [4.69, 9.17) is 5.26 Å². The van der Waals surface area contributed by atoms with Gasteiger partial charge in [-0.3, -0.25) is 0 Å². The van der Waals surface area contributed by atoms with Gasteiger partial charge >= 0.3 is 0 Å². The third-order valence-electron chi connectivity index (χ3n) is 2.99. The molecule has 1 aromatic carbocycles. The molecule has 0 fully saturated rings. The van der Waals surface area contributed by atoms with Crippen LogP contribution in [0.4, 0.5) is 0 Å². The van der Waals surface area contributed by atoms with E-state index >= 15 is 0 Å². The maximum absolute atomic E-state index is 9.09. The van der Waals surface area contributed by atoms with Crippen molar-refractivity contribution in [2.75, 3.05) is 0 Å². The average molecular weight is 198 g/mol. The molecule has 76 valence electrons. The zero-order valence-corrected chi connectivity index (χ0v) is 9.55. The monoisotopic (exact) mass is 198 g/mol. The lowest BCUT2D eigenvalue weighted by atomic mass is 10.0. The first-order valence-electron chi connectivity index (χ1n) is 5.02. The molecule has 0 saturated heterocycles. The number of rotatable bonds is 0. The standard InChI is InChI=1S/C13H14N2/c1-8-5-9(2)13-10(3)12(7-14)15(4)11(13)6-8/h5-6H,1-4H3. The smallest absolute Gasteiger partial charge is 0.124 e. The summed E-state index contributed by atoms with van der Waals surface area (Å²) in [4.78, 5) is 0. The van der Waals surface area contributed by atoms with Gasteiger partial charge in [0.1, 0.15) is 11.8 Å². The summed E-state index contributed by atoms with van der Waals surface area (Å²) >= 11 is 0. The Bertz CT molecular complexity index is 583. The van der Waals surface area contributed by atoms with E-state index < -0.39 is 0 Å². The minimum Gasteiger partial charge on any atom is -0.335 e. The molecule has 0 spiro atoms. The van der Waals surface area contributed by atoms with Crippen molar-refractivity contribution in [2.45, 2.75) is 20.8 Å². The highest BCUT2D eigenvalue weighted by atomic mass is 14.9. The highest BCUT2D eigenvalue weighted by Gasteiger charge is 2.12. The van der Waals surface area contributed by atoms with Crippen LogP contribution in [0, 0.1) is 32.1 Å². The van der Waals surface area contributed by atoms with Gasteiger partial charge in [-0.25, -0.2) is 0 Å². The van der Waals surface area contributed by atoms with Gasteiger partial charge in [0.15, 0.2) is 0 Å². The number of nitriles is 1. The van der Waals surface area contributed by atoms with Crippen LogP contribution in [0.5, 0.6) is 0 Å². The van der Waals surface area contributed by atoms with Crippen molar-refractivity contribution in [3.63, 3.8) is 0 Å². The van der Waals surface area contributed by atoms with Gasteiger partial charge in [0.25, 0.3) is 0 Å². The van der Waals surface area contributed by atoms with E-state index in [0.29, 0.717) is 0 Å². The normalized spacial score (nSPS) is 10.6. The lowest BCUT2D eigenvalue weighted by molar-refractivity contribution is 0.940. The maximum atomic E-state index is 9.09. The molecule has 0 radical (unpaired) electrons. The fourth-order valence-electron chi connectivity index (χ4n) is 2.35. The van der Waals surface area contributed by atoms with Crippen LogP contribution >= 0.6 is 0 Å². The molecule has 0 aliphatic heterocycles. The molecule has 2 aromatic rings. The van der Waals surface area contributed by atoms with Gasteiger partial charge in [-0.2, -0.15) is 5.26 Å². The molecular weight excluding hydrogens is 184 g/mol. The molecule has 2 nitrogen and oxygen atoms in total. The Kier molecular flexibility index (Phi) is 2.04. The van der Waals surface area contributed by atoms with Crippen molar-refractivity contribution in [3.05, 3.63) is 34.5 Å². The predicted octanol–water partition coefficient (Wildman–Crippen LogP) is 2.98. The summed E-state index contributed by atoms with van der Waals surface area (Å²) in [5, 5.41) is 10.3. The molecule has 0 atom stereocenters. The van der Waals surface area contributed by atoms with Crippen molar-refractivity contribution in [1.29, 1.82) is 5.26 Å². The minimum absolute atomic E-state index is 0.763. The fraction of sp³-hybridized carbons (Fsp3) is 0.308. The Morgan fingerprint density at radius 3 is 2.47 bits per heavy atom. The highest BCUT2D eigenvalue weighted by Crippen LogP contribution is 2.28. The molecule has 0 bridgehead atoms. The van der Waals surface area contributed by atoms with E-state index in [1.807, 2.05) is 18.5 Å². The van der Waals surface area contributed by atoms with Crippen LogP contribution in [0.3, 0.4) is 0 Å². The zero-order chi connectivity index (χ0) is 11.2. The van der Waals surface area contributed by atoms with E-state index in [-0.39, 0.29) is 0 Å². The maximum Gasteiger partial charge on any atom is 0.124 e. The molecular formula is C13H14N2. The summed E-state index contributed by atoms with van der Waals surface area (Å²) in [5.41, 5.74) is 5.50. The van der Waals surface area contributed by atoms with Crippen LogP contribution in [-0.2, 0) is 7.05 Å². The minimum atomic E-state index is 0.763. The van der Waals surface area contributed by atoms with Crippen LogP contribution in [0.25, 0.3) is 10.9 Å². The van der Waals surface area contributed by atoms with Crippen LogP contribution in [0.1, 0.15) is 22.4 Å². The van der Waals surface area contributed by atoms with E-state index in [0.717, 1.165) is 16.8 Å². The van der Waals surface area contributed by atoms with Crippen LogP contribution in [0.2, 0.25) is 0 Å². The SMILES string of the molecule is Cc1cc(C)c2c(C)c(C#N)n(C)c2c1. The quantitative estimate of drug-likeness (QED) is 0.639. The lowest BCUT2D eigenvalue weighted by Crippen LogP contribution is -1.91. The largest absolute Gasteiger partial charge is 0.335 e. The second-order valence-electron chi connectivity index (χ2n) is 4.12. The molecule has 0 aliphatic rings. The molecule has 0 saturated carbocycles. The van der Waals surface area contributed by atoms with Crippen LogP contribution < -0.4 is 0 Å². The number of aryl methyl sites for hydroxylation is 4.